The lowest BCUT2D eigenvalue weighted by atomic mass is 9.52. The number of likely N-dealkylation sites (tertiary alicyclic amines) is 1. The highest BCUT2D eigenvalue weighted by molar-refractivity contribution is 5.45. The fraction of sp³-hybridized carbons (Fsp3) is 0.667. The molecule has 4 rings (SSSR count). The van der Waals surface area contributed by atoms with E-state index in [0.29, 0.717) is 5.41 Å². The van der Waals surface area contributed by atoms with Crippen LogP contribution in [0.1, 0.15) is 43.2 Å². The Morgan fingerprint density at radius 2 is 2.04 bits per heavy atom. The van der Waals surface area contributed by atoms with Crippen LogP contribution in [0.15, 0.2) is 18.2 Å². The smallest absolute Gasteiger partial charge is 0.119 e. The van der Waals surface area contributed by atoms with E-state index in [4.69, 9.17) is 20.1 Å². The topological polar surface area (TPSA) is 78.7 Å². The minimum Gasteiger partial charge on any atom is -0.497 e. The maximum atomic E-state index is 8.25. The van der Waals surface area contributed by atoms with Gasteiger partial charge < -0.3 is 25.0 Å². The van der Waals surface area contributed by atoms with Crippen LogP contribution in [0, 0.1) is 21.2 Å². The molecule has 2 fully saturated rings. The zero-order valence-electron chi connectivity index (χ0n) is 14.4. The first-order chi connectivity index (χ1) is 11.5. The van der Waals surface area contributed by atoms with Crippen molar-refractivity contribution in [1.29, 1.82) is 0 Å². The van der Waals surface area contributed by atoms with Gasteiger partial charge in [-0.3, -0.25) is 0 Å². The number of nitrogens with zero attached hydrogens (tertiary/aromatic N) is 2. The second-order valence-corrected chi connectivity index (χ2v) is 7.26. The Bertz CT molecular complexity index is 617. The second kappa shape index (κ2) is 6.59. The monoisotopic (exact) mass is 333 g/mol. The lowest BCUT2D eigenvalue weighted by Crippen LogP contribution is -2.59. The number of ether oxygens (including phenoxy) is 1. The predicted octanol–water partition coefficient (Wildman–Crippen LogP) is 3.14. The Kier molecular flexibility index (Phi) is 4.67. The maximum Gasteiger partial charge on any atom is 0.119 e. The van der Waals surface area contributed by atoms with Gasteiger partial charge in [-0.05, 0) is 68.5 Å². The number of likely N-dealkylation sites (N-methyl/N-ethyl adjacent to an activating group) is 1. The quantitative estimate of drug-likeness (QED) is 0.583. The predicted molar refractivity (Wildman–Crippen MR) is 91.7 cm³/mol. The molecule has 0 spiro atoms. The third kappa shape index (κ3) is 2.83. The van der Waals surface area contributed by atoms with Crippen molar-refractivity contribution >= 4 is 0 Å². The van der Waals surface area contributed by atoms with Gasteiger partial charge in [0.1, 0.15) is 5.75 Å². The average molecular weight is 333 g/mol. The molecule has 2 bridgehead atoms. The summed E-state index contributed by atoms with van der Waals surface area (Å²) >= 11 is 0. The molecule has 6 heteroatoms. The lowest BCUT2D eigenvalue weighted by molar-refractivity contribution is -0.402. The number of methoxy groups -OCH3 is 1. The number of rotatable bonds is 1. The van der Waals surface area contributed by atoms with E-state index in [1.54, 1.807) is 18.2 Å². The molecular weight excluding hydrogens is 308 g/mol. The van der Waals surface area contributed by atoms with Crippen LogP contribution in [0.25, 0.3) is 0 Å². The van der Waals surface area contributed by atoms with Crippen molar-refractivity contribution in [3.8, 4) is 5.75 Å². The molecule has 1 aliphatic heterocycles. The summed E-state index contributed by atoms with van der Waals surface area (Å²) in [5.74, 6) is 1.91. The Morgan fingerprint density at radius 3 is 2.75 bits per heavy atom. The fourth-order valence-corrected chi connectivity index (χ4v) is 5.30. The number of hydrogen-bond acceptors (Lipinski definition) is 5. The van der Waals surface area contributed by atoms with Crippen molar-refractivity contribution in [2.45, 2.75) is 50.0 Å². The van der Waals surface area contributed by atoms with Crippen molar-refractivity contribution in [2.75, 3.05) is 20.7 Å². The van der Waals surface area contributed by atoms with Gasteiger partial charge in [0.05, 0.1) is 12.2 Å². The Balaban J connectivity index is 0.000000383. The summed E-state index contributed by atoms with van der Waals surface area (Å²) in [5.41, 5.74) is 3.67. The highest BCUT2D eigenvalue weighted by Gasteiger charge is 2.53. The SMILES string of the molecule is COc1ccc2c(c1)[C@@]13CCCC[C@@H]1[C@@H](C2)N(C)CC3.O=[N+]([O-])[O-]. The summed E-state index contributed by atoms with van der Waals surface area (Å²) < 4.78 is 5.51. The molecule has 1 aromatic rings. The van der Waals surface area contributed by atoms with Crippen LogP contribution >= 0.6 is 0 Å². The first-order valence-corrected chi connectivity index (χ1v) is 8.67. The lowest BCUT2D eigenvalue weighted by Gasteiger charge is -2.58. The van der Waals surface area contributed by atoms with Crippen LogP contribution < -0.4 is 4.74 Å². The van der Waals surface area contributed by atoms with E-state index in [9.17, 15) is 0 Å². The number of benzene rings is 1. The normalized spacial score (nSPS) is 31.1. The summed E-state index contributed by atoms with van der Waals surface area (Å²) in [6, 6.07) is 7.60. The van der Waals surface area contributed by atoms with Gasteiger partial charge in [-0.25, -0.2) is 0 Å². The Morgan fingerprint density at radius 1 is 1.29 bits per heavy atom. The molecule has 0 amide bonds. The van der Waals surface area contributed by atoms with Gasteiger partial charge in [-0.15, -0.1) is 0 Å². The van der Waals surface area contributed by atoms with Crippen molar-refractivity contribution < 1.29 is 9.82 Å². The second-order valence-electron chi connectivity index (χ2n) is 7.26. The molecule has 2 aliphatic carbocycles. The van der Waals surface area contributed by atoms with Crippen LogP contribution in [-0.2, 0) is 11.8 Å². The van der Waals surface area contributed by atoms with E-state index < -0.39 is 5.09 Å². The van der Waals surface area contributed by atoms with Crippen molar-refractivity contribution in [2.24, 2.45) is 5.92 Å². The minimum atomic E-state index is -1.75. The van der Waals surface area contributed by atoms with Gasteiger partial charge in [0.25, 0.3) is 0 Å². The minimum absolute atomic E-state index is 0.456. The summed E-state index contributed by atoms with van der Waals surface area (Å²) in [7, 11) is 4.12. The summed E-state index contributed by atoms with van der Waals surface area (Å²) in [5, 5.41) is 14.8. The van der Waals surface area contributed by atoms with Crippen LogP contribution in [-0.4, -0.2) is 36.7 Å². The van der Waals surface area contributed by atoms with E-state index in [0.717, 1.165) is 17.7 Å². The third-order valence-corrected chi connectivity index (χ3v) is 6.32. The molecule has 3 aliphatic rings. The number of hydrogen-bond donors (Lipinski definition) is 0. The molecule has 1 saturated carbocycles. The van der Waals surface area contributed by atoms with E-state index in [-0.39, 0.29) is 0 Å². The van der Waals surface area contributed by atoms with Crippen molar-refractivity contribution in [1.82, 2.24) is 4.90 Å². The van der Waals surface area contributed by atoms with Crippen LogP contribution in [0.2, 0.25) is 0 Å². The number of piperidine rings is 1. The van der Waals surface area contributed by atoms with E-state index in [1.165, 1.54) is 45.1 Å². The first-order valence-electron chi connectivity index (χ1n) is 8.67. The molecule has 0 N–H and O–H groups in total. The standard InChI is InChI=1S/C18H25NO.NO3/c1-19-10-9-18-8-4-3-5-15(18)17(19)11-13-6-7-14(20-2)12-16(13)18;2-1(3)4/h6-7,12,15,17H,3-5,8-11H2,1-2H3;/q;-1/t15-,17-,18-;/m1./s1. The fourth-order valence-electron chi connectivity index (χ4n) is 5.30. The molecule has 0 aromatic heterocycles. The molecular formula is C18H25N2O4-. The third-order valence-electron chi connectivity index (χ3n) is 6.32. The zero-order valence-corrected chi connectivity index (χ0v) is 14.4. The van der Waals surface area contributed by atoms with Crippen LogP contribution in [0.4, 0.5) is 0 Å². The Labute approximate surface area is 142 Å². The van der Waals surface area contributed by atoms with Gasteiger partial charge in [0, 0.05) is 11.5 Å². The van der Waals surface area contributed by atoms with Crippen molar-refractivity contribution in [3.05, 3.63) is 44.6 Å². The van der Waals surface area contributed by atoms with Gasteiger partial charge in [-0.1, -0.05) is 18.9 Å². The van der Waals surface area contributed by atoms with Gasteiger partial charge in [0.2, 0.25) is 0 Å². The molecule has 132 valence electrons. The molecule has 1 heterocycles. The zero-order chi connectivity index (χ0) is 17.3. The van der Waals surface area contributed by atoms with Gasteiger partial charge in [-0.2, -0.15) is 0 Å². The maximum absolute atomic E-state index is 8.25. The summed E-state index contributed by atoms with van der Waals surface area (Å²) in [6.45, 7) is 1.26. The molecule has 0 radical (unpaired) electrons. The highest BCUT2D eigenvalue weighted by atomic mass is 16.9. The van der Waals surface area contributed by atoms with Gasteiger partial charge >= 0.3 is 0 Å². The largest absolute Gasteiger partial charge is 0.497 e. The van der Waals surface area contributed by atoms with E-state index in [2.05, 4.69) is 30.1 Å². The summed E-state index contributed by atoms with van der Waals surface area (Å²) in [4.78, 5) is 10.9. The van der Waals surface area contributed by atoms with Crippen molar-refractivity contribution in [3.63, 3.8) is 0 Å². The van der Waals surface area contributed by atoms with Crippen LogP contribution in [0.5, 0.6) is 5.75 Å². The molecule has 1 saturated heterocycles. The summed E-state index contributed by atoms with van der Waals surface area (Å²) in [6.07, 6.45) is 8.22. The average Bonchev–Trinajstić information content (AvgIpc) is 2.57. The molecule has 6 nitrogen and oxygen atoms in total. The van der Waals surface area contributed by atoms with Gasteiger partial charge in [0.15, 0.2) is 0 Å². The van der Waals surface area contributed by atoms with E-state index in [1.807, 2.05) is 0 Å². The Hall–Kier alpha value is -1.82. The molecule has 1 aromatic carbocycles. The van der Waals surface area contributed by atoms with Crippen LogP contribution in [0.3, 0.4) is 0 Å². The molecule has 24 heavy (non-hydrogen) atoms. The molecule has 3 atom stereocenters. The first kappa shape index (κ1) is 17.0. The van der Waals surface area contributed by atoms with E-state index >= 15 is 0 Å². The highest BCUT2D eigenvalue weighted by Crippen LogP contribution is 2.55. The number of fused-ring (bicyclic) bond motifs is 1. The molecule has 0 unspecified atom stereocenters.